The van der Waals surface area contributed by atoms with E-state index in [4.69, 9.17) is 19.9 Å². The normalized spacial score (nSPS) is 13.2. The first-order valence-corrected chi connectivity index (χ1v) is 17.6. The molecule has 2 aliphatic rings. The van der Waals surface area contributed by atoms with Crippen LogP contribution in [0.2, 0.25) is 0 Å². The maximum atomic E-state index is 5.42. The molecule has 0 fully saturated rings. The molecule has 2 aromatic heterocycles. The van der Waals surface area contributed by atoms with Crippen LogP contribution in [-0.4, -0.2) is 24.5 Å². The minimum atomic E-state index is -0.583. The van der Waals surface area contributed by atoms with Crippen molar-refractivity contribution in [3.8, 4) is 62.1 Å². The summed E-state index contributed by atoms with van der Waals surface area (Å²) in [5, 5.41) is 0. The van der Waals surface area contributed by atoms with Crippen molar-refractivity contribution in [3.63, 3.8) is 0 Å². The molecule has 0 N–H and O–H groups in total. The molecule has 3 heterocycles. The molecule has 52 heavy (non-hydrogen) atoms. The summed E-state index contributed by atoms with van der Waals surface area (Å²) < 4.78 is 2.38. The molecule has 11 rings (SSSR count). The van der Waals surface area contributed by atoms with Gasteiger partial charge in [-0.3, -0.25) is 4.57 Å². The maximum Gasteiger partial charge on any atom is 0.164 e. The number of rotatable bonds is 4. The number of benzene rings is 7. The highest BCUT2D eigenvalue weighted by molar-refractivity contribution is 5.93. The van der Waals surface area contributed by atoms with E-state index in [9.17, 15) is 0 Å². The molecular formula is C47H29N5. The van der Waals surface area contributed by atoms with E-state index in [2.05, 4.69) is 120 Å². The summed E-state index contributed by atoms with van der Waals surface area (Å²) >= 11 is 0. The summed E-state index contributed by atoms with van der Waals surface area (Å²) in [6, 6.07) is 61.8. The van der Waals surface area contributed by atoms with E-state index in [0.29, 0.717) is 17.5 Å². The van der Waals surface area contributed by atoms with Crippen molar-refractivity contribution in [2.75, 3.05) is 0 Å². The van der Waals surface area contributed by atoms with Crippen molar-refractivity contribution < 1.29 is 0 Å². The van der Waals surface area contributed by atoms with Crippen molar-refractivity contribution in [2.45, 2.75) is 5.41 Å². The number of hydrogen-bond donors (Lipinski definition) is 0. The van der Waals surface area contributed by atoms with Gasteiger partial charge in [0.25, 0.3) is 0 Å². The van der Waals surface area contributed by atoms with E-state index < -0.39 is 5.41 Å². The Morgan fingerprint density at radius 1 is 0.365 bits per heavy atom. The smallest absolute Gasteiger partial charge is 0.164 e. The molecule has 9 aromatic rings. The van der Waals surface area contributed by atoms with Gasteiger partial charge < -0.3 is 0 Å². The van der Waals surface area contributed by atoms with Crippen LogP contribution in [0.3, 0.4) is 0 Å². The monoisotopic (exact) mass is 663 g/mol. The van der Waals surface area contributed by atoms with Crippen LogP contribution < -0.4 is 0 Å². The lowest BCUT2D eigenvalue weighted by atomic mass is 9.72. The first-order chi connectivity index (χ1) is 25.8. The third-order valence-electron chi connectivity index (χ3n) is 10.7. The predicted octanol–water partition coefficient (Wildman–Crippen LogP) is 10.6. The highest BCUT2D eigenvalue weighted by atomic mass is 15.1. The second-order valence-electron chi connectivity index (χ2n) is 13.4. The van der Waals surface area contributed by atoms with Crippen LogP contribution >= 0.6 is 0 Å². The first kappa shape index (κ1) is 28.8. The topological polar surface area (TPSA) is 56.5 Å². The molecule has 0 saturated heterocycles. The molecule has 0 atom stereocenters. The van der Waals surface area contributed by atoms with Crippen LogP contribution in [0, 0.1) is 0 Å². The van der Waals surface area contributed by atoms with Crippen LogP contribution in [0.25, 0.3) is 73.1 Å². The van der Waals surface area contributed by atoms with Crippen molar-refractivity contribution in [1.29, 1.82) is 0 Å². The van der Waals surface area contributed by atoms with Gasteiger partial charge in [-0.2, -0.15) is 0 Å². The molecule has 1 spiro atoms. The minimum Gasteiger partial charge on any atom is -0.295 e. The van der Waals surface area contributed by atoms with E-state index in [1.54, 1.807) is 0 Å². The fourth-order valence-electron chi connectivity index (χ4n) is 8.47. The zero-order valence-corrected chi connectivity index (χ0v) is 28.0. The predicted molar refractivity (Wildman–Crippen MR) is 207 cm³/mol. The van der Waals surface area contributed by atoms with Gasteiger partial charge in [0.05, 0.1) is 16.7 Å². The largest absolute Gasteiger partial charge is 0.295 e. The SMILES string of the molecule is c1ccc(-c2nc(-c3ccccc3)nc(-c3ccccc3-c3ccc4c(c3)C3(c5ccccc5-c5ccccc53)c3nc5ccccc5n3-4)n2)cc1. The van der Waals surface area contributed by atoms with Gasteiger partial charge in [0.2, 0.25) is 0 Å². The van der Waals surface area contributed by atoms with Crippen molar-refractivity contribution in [1.82, 2.24) is 24.5 Å². The van der Waals surface area contributed by atoms with Crippen molar-refractivity contribution in [2.24, 2.45) is 0 Å². The van der Waals surface area contributed by atoms with E-state index in [1.807, 2.05) is 60.7 Å². The van der Waals surface area contributed by atoms with Crippen molar-refractivity contribution in [3.05, 3.63) is 198 Å². The summed E-state index contributed by atoms with van der Waals surface area (Å²) in [5.41, 5.74) is 13.9. The van der Waals surface area contributed by atoms with E-state index in [-0.39, 0.29) is 0 Å². The lowest BCUT2D eigenvalue weighted by Crippen LogP contribution is -2.27. The van der Waals surface area contributed by atoms with Crippen LogP contribution in [0.15, 0.2) is 176 Å². The van der Waals surface area contributed by atoms with Gasteiger partial charge in [-0.1, -0.05) is 152 Å². The Morgan fingerprint density at radius 3 is 1.54 bits per heavy atom. The number of nitrogens with zero attached hydrogens (tertiary/aromatic N) is 5. The second-order valence-corrected chi connectivity index (χ2v) is 13.4. The Kier molecular flexibility index (Phi) is 6.10. The summed E-state index contributed by atoms with van der Waals surface area (Å²) in [6.45, 7) is 0. The molecule has 1 aliphatic heterocycles. The summed E-state index contributed by atoms with van der Waals surface area (Å²) in [6.07, 6.45) is 0. The first-order valence-electron chi connectivity index (χ1n) is 17.6. The molecule has 1 aliphatic carbocycles. The Morgan fingerprint density at radius 2 is 0.885 bits per heavy atom. The van der Waals surface area contributed by atoms with Gasteiger partial charge in [0, 0.05) is 16.7 Å². The molecule has 5 heteroatoms. The second kappa shape index (κ2) is 11.0. The Hall–Kier alpha value is -6.98. The third kappa shape index (κ3) is 3.99. The van der Waals surface area contributed by atoms with Crippen LogP contribution in [0.4, 0.5) is 0 Å². The van der Waals surface area contributed by atoms with Gasteiger partial charge >= 0.3 is 0 Å². The molecule has 0 bridgehead atoms. The average molecular weight is 664 g/mol. The quantitative estimate of drug-likeness (QED) is 0.188. The van der Waals surface area contributed by atoms with Gasteiger partial charge in [0.15, 0.2) is 17.5 Å². The molecule has 0 amide bonds. The molecule has 7 aromatic carbocycles. The number of aromatic nitrogens is 5. The lowest BCUT2D eigenvalue weighted by molar-refractivity contribution is 0.738. The van der Waals surface area contributed by atoms with Crippen LogP contribution in [0.5, 0.6) is 0 Å². The van der Waals surface area contributed by atoms with E-state index in [0.717, 1.165) is 50.4 Å². The highest BCUT2D eigenvalue weighted by Gasteiger charge is 2.54. The molecule has 0 saturated carbocycles. The minimum absolute atomic E-state index is 0.583. The fraction of sp³-hybridized carbons (Fsp3) is 0.0213. The number of fused-ring (bicyclic) bond motifs is 12. The standard InChI is InChI=1S/C47H29N5/c1-3-15-30(16-4-1)43-49-44(31-17-5-2-6-18-31)51-45(50-43)36-22-8-7-19-33(36)32-27-28-41-39(29-32)47(46-48-40-25-13-14-26-42(40)52(41)46)37-23-11-9-20-34(37)35-21-10-12-24-38(35)47/h1-29H. The van der Waals surface area contributed by atoms with Gasteiger partial charge in [-0.05, 0) is 63.2 Å². The van der Waals surface area contributed by atoms with Gasteiger partial charge in [-0.15, -0.1) is 0 Å². The zero-order valence-electron chi connectivity index (χ0n) is 28.0. The average Bonchev–Trinajstić information content (AvgIpc) is 3.85. The molecular weight excluding hydrogens is 635 g/mol. The zero-order chi connectivity index (χ0) is 34.2. The number of para-hydroxylation sites is 2. The Labute approximate surface area is 300 Å². The van der Waals surface area contributed by atoms with Crippen molar-refractivity contribution >= 4 is 11.0 Å². The van der Waals surface area contributed by atoms with Crippen LogP contribution in [0.1, 0.15) is 22.5 Å². The summed E-state index contributed by atoms with van der Waals surface area (Å²) in [7, 11) is 0. The fourth-order valence-corrected chi connectivity index (χ4v) is 8.47. The van der Waals surface area contributed by atoms with Gasteiger partial charge in [-0.25, -0.2) is 19.9 Å². The maximum absolute atomic E-state index is 5.42. The molecule has 0 unspecified atom stereocenters. The Balaban J connectivity index is 1.17. The summed E-state index contributed by atoms with van der Waals surface area (Å²) in [5.74, 6) is 2.95. The Bertz CT molecular complexity index is 2750. The molecule has 242 valence electrons. The highest BCUT2D eigenvalue weighted by Crippen LogP contribution is 2.60. The molecule has 5 nitrogen and oxygen atoms in total. The van der Waals surface area contributed by atoms with E-state index in [1.165, 1.54) is 27.8 Å². The lowest BCUT2D eigenvalue weighted by Gasteiger charge is -2.27. The number of hydrogen-bond acceptors (Lipinski definition) is 4. The number of imidazole rings is 1. The van der Waals surface area contributed by atoms with Gasteiger partial charge in [0.1, 0.15) is 11.2 Å². The van der Waals surface area contributed by atoms with Crippen LogP contribution in [-0.2, 0) is 5.41 Å². The van der Waals surface area contributed by atoms with E-state index >= 15 is 0 Å². The summed E-state index contributed by atoms with van der Waals surface area (Å²) in [4.78, 5) is 20.6. The third-order valence-corrected chi connectivity index (χ3v) is 10.7. The molecule has 0 radical (unpaired) electrons.